The molecule has 0 saturated carbocycles. The van der Waals surface area contributed by atoms with Crippen LogP contribution in [0.5, 0.6) is 0 Å². The van der Waals surface area contributed by atoms with Gasteiger partial charge in [-0.1, -0.05) is 0 Å². The summed E-state index contributed by atoms with van der Waals surface area (Å²) in [4.78, 5) is 23.8. The average molecular weight is 487 g/mol. The Labute approximate surface area is 202 Å². The van der Waals surface area contributed by atoms with Gasteiger partial charge in [-0.2, -0.15) is 5.10 Å². The van der Waals surface area contributed by atoms with Gasteiger partial charge in [0.1, 0.15) is 23.0 Å². The second kappa shape index (κ2) is 8.17. The Morgan fingerprint density at radius 3 is 2.74 bits per heavy atom. The number of hydrogen-bond acceptors (Lipinski definition) is 6. The third-order valence-corrected chi connectivity index (χ3v) is 6.44. The second-order valence-corrected chi connectivity index (χ2v) is 9.15. The molecule has 0 unspecified atom stereocenters. The standard InChI is InChI=1S/C25H19FN6O2S/c1-14(2)32-22-18(13-27-32)17(12-19(28-22)20-4-3-10-34-20)24(33)30-23-21(15-5-7-16(26)8-6-15)29-25-31(23)9-11-35-25/h3-14H,1-2H3,(H,30,33). The van der Waals surface area contributed by atoms with Crippen LogP contribution in [-0.2, 0) is 0 Å². The zero-order chi connectivity index (χ0) is 24.1. The molecule has 1 aromatic carbocycles. The van der Waals surface area contributed by atoms with Crippen LogP contribution in [0.2, 0.25) is 0 Å². The van der Waals surface area contributed by atoms with E-state index in [0.29, 0.717) is 50.1 Å². The minimum Gasteiger partial charge on any atom is -0.463 e. The highest BCUT2D eigenvalue weighted by Gasteiger charge is 2.23. The van der Waals surface area contributed by atoms with E-state index in [1.165, 1.54) is 23.5 Å². The fourth-order valence-electron chi connectivity index (χ4n) is 4.02. The number of fused-ring (bicyclic) bond motifs is 2. The van der Waals surface area contributed by atoms with Gasteiger partial charge in [-0.05, 0) is 56.3 Å². The average Bonchev–Trinajstić information content (AvgIpc) is 3.63. The van der Waals surface area contributed by atoms with Crippen molar-refractivity contribution in [3.8, 4) is 22.7 Å². The molecule has 0 saturated heterocycles. The largest absolute Gasteiger partial charge is 0.463 e. The van der Waals surface area contributed by atoms with Crippen LogP contribution in [0.25, 0.3) is 38.7 Å². The molecule has 1 amide bonds. The summed E-state index contributed by atoms with van der Waals surface area (Å²) in [6.45, 7) is 4.00. The Hall–Kier alpha value is -4.31. The van der Waals surface area contributed by atoms with Crippen molar-refractivity contribution < 1.29 is 13.6 Å². The Bertz CT molecular complexity index is 1680. The predicted octanol–water partition coefficient (Wildman–Crippen LogP) is 6.04. The van der Waals surface area contributed by atoms with Gasteiger partial charge in [0.15, 0.2) is 16.4 Å². The van der Waals surface area contributed by atoms with E-state index in [4.69, 9.17) is 9.40 Å². The second-order valence-electron chi connectivity index (χ2n) is 8.28. The zero-order valence-corrected chi connectivity index (χ0v) is 19.6. The highest BCUT2D eigenvalue weighted by molar-refractivity contribution is 7.15. The summed E-state index contributed by atoms with van der Waals surface area (Å²) in [6.07, 6.45) is 5.05. The molecule has 35 heavy (non-hydrogen) atoms. The highest BCUT2D eigenvalue weighted by atomic mass is 32.1. The number of halogens is 1. The molecule has 1 N–H and O–H groups in total. The Balaban J connectivity index is 1.49. The van der Waals surface area contributed by atoms with Crippen LogP contribution in [0.15, 0.2) is 70.9 Å². The number of nitrogens with zero attached hydrogens (tertiary/aromatic N) is 5. The van der Waals surface area contributed by atoms with Crippen LogP contribution >= 0.6 is 11.3 Å². The fourth-order valence-corrected chi connectivity index (χ4v) is 4.74. The first-order chi connectivity index (χ1) is 17.0. The van der Waals surface area contributed by atoms with Crippen LogP contribution in [0.3, 0.4) is 0 Å². The van der Waals surface area contributed by atoms with Crippen molar-refractivity contribution in [2.45, 2.75) is 19.9 Å². The van der Waals surface area contributed by atoms with Crippen LogP contribution in [0, 0.1) is 5.82 Å². The van der Waals surface area contributed by atoms with Gasteiger partial charge < -0.3 is 9.73 Å². The van der Waals surface area contributed by atoms with Crippen LogP contribution in [0.1, 0.15) is 30.2 Å². The molecule has 0 bridgehead atoms. The van der Waals surface area contributed by atoms with Crippen LogP contribution < -0.4 is 5.32 Å². The molecule has 5 aromatic heterocycles. The topological polar surface area (TPSA) is 90.2 Å². The van der Waals surface area contributed by atoms with Gasteiger partial charge in [-0.3, -0.25) is 9.20 Å². The number of anilines is 1. The number of pyridine rings is 1. The van der Waals surface area contributed by atoms with E-state index in [9.17, 15) is 9.18 Å². The first-order valence-corrected chi connectivity index (χ1v) is 11.8. The quantitative estimate of drug-likeness (QED) is 0.321. The number of rotatable bonds is 5. The number of carbonyl (C=O) groups is 1. The molecule has 8 nitrogen and oxygen atoms in total. The van der Waals surface area contributed by atoms with Gasteiger partial charge >= 0.3 is 0 Å². The lowest BCUT2D eigenvalue weighted by molar-refractivity contribution is 0.102. The van der Waals surface area contributed by atoms with E-state index in [1.807, 2.05) is 29.8 Å². The van der Waals surface area contributed by atoms with E-state index in [2.05, 4.69) is 15.4 Å². The van der Waals surface area contributed by atoms with E-state index in [-0.39, 0.29) is 17.8 Å². The first-order valence-electron chi connectivity index (χ1n) is 10.9. The summed E-state index contributed by atoms with van der Waals surface area (Å²) >= 11 is 1.44. The number of carbonyl (C=O) groups excluding carboxylic acids is 1. The minimum absolute atomic E-state index is 0.0492. The number of furan rings is 1. The maximum Gasteiger partial charge on any atom is 0.257 e. The Morgan fingerprint density at radius 1 is 1.17 bits per heavy atom. The van der Waals surface area contributed by atoms with E-state index in [0.717, 1.165) is 0 Å². The molecule has 6 rings (SSSR count). The van der Waals surface area contributed by atoms with Crippen LogP contribution in [0.4, 0.5) is 10.2 Å². The summed E-state index contributed by atoms with van der Waals surface area (Å²) in [5, 5.41) is 10.0. The van der Waals surface area contributed by atoms with Crippen molar-refractivity contribution >= 4 is 39.1 Å². The van der Waals surface area contributed by atoms with Crippen molar-refractivity contribution in [1.82, 2.24) is 24.1 Å². The number of aromatic nitrogens is 5. The summed E-state index contributed by atoms with van der Waals surface area (Å²) in [5.41, 5.74) is 2.78. The van der Waals surface area contributed by atoms with Gasteiger partial charge in [0.05, 0.1) is 23.4 Å². The maximum atomic E-state index is 13.7. The van der Waals surface area contributed by atoms with Crippen molar-refractivity contribution in [3.63, 3.8) is 0 Å². The van der Waals surface area contributed by atoms with Crippen molar-refractivity contribution in [1.29, 1.82) is 0 Å². The van der Waals surface area contributed by atoms with Gasteiger partial charge in [-0.25, -0.2) is 19.0 Å². The molecule has 0 spiro atoms. The maximum absolute atomic E-state index is 13.7. The number of amides is 1. The highest BCUT2D eigenvalue weighted by Crippen LogP contribution is 2.32. The molecule has 0 radical (unpaired) electrons. The lowest BCUT2D eigenvalue weighted by Crippen LogP contribution is -2.15. The SMILES string of the molecule is CC(C)n1ncc2c(C(=O)Nc3c(-c4ccc(F)cc4)nc4sccn34)cc(-c3ccco3)nc21. The summed E-state index contributed by atoms with van der Waals surface area (Å²) in [7, 11) is 0. The number of thiazole rings is 1. The molecule has 0 fully saturated rings. The monoisotopic (exact) mass is 486 g/mol. The van der Waals surface area contributed by atoms with Crippen molar-refractivity contribution in [2.24, 2.45) is 0 Å². The molecule has 6 aromatic rings. The molecular formula is C25H19FN6O2S. The van der Waals surface area contributed by atoms with E-state index < -0.39 is 0 Å². The number of imidazole rings is 1. The van der Waals surface area contributed by atoms with Crippen LogP contribution in [-0.4, -0.2) is 30.1 Å². The predicted molar refractivity (Wildman–Crippen MR) is 132 cm³/mol. The first kappa shape index (κ1) is 21.2. The van der Waals surface area contributed by atoms with Gasteiger partial charge in [0.25, 0.3) is 5.91 Å². The Kier molecular flexibility index (Phi) is 4.96. The lowest BCUT2D eigenvalue weighted by Gasteiger charge is -2.11. The van der Waals surface area contributed by atoms with Crippen molar-refractivity contribution in [2.75, 3.05) is 5.32 Å². The fraction of sp³-hybridized carbons (Fsp3) is 0.120. The van der Waals surface area contributed by atoms with E-state index >= 15 is 0 Å². The summed E-state index contributed by atoms with van der Waals surface area (Å²) in [6, 6.07) is 11.3. The molecule has 10 heteroatoms. The number of benzene rings is 1. The molecule has 174 valence electrons. The third-order valence-electron chi connectivity index (χ3n) is 5.69. The molecule has 5 heterocycles. The molecule has 0 aliphatic carbocycles. The summed E-state index contributed by atoms with van der Waals surface area (Å²) in [5.74, 6) is 0.365. The molecular weight excluding hydrogens is 467 g/mol. The van der Waals surface area contributed by atoms with Gasteiger partial charge in [0.2, 0.25) is 0 Å². The molecule has 0 atom stereocenters. The van der Waals surface area contributed by atoms with Crippen molar-refractivity contribution in [3.05, 3.63) is 77.9 Å². The number of nitrogens with one attached hydrogen (secondary N) is 1. The normalized spacial score (nSPS) is 11.7. The third kappa shape index (κ3) is 3.58. The minimum atomic E-state index is -0.343. The zero-order valence-electron chi connectivity index (χ0n) is 18.8. The molecule has 0 aliphatic heterocycles. The molecule has 0 aliphatic rings. The smallest absolute Gasteiger partial charge is 0.257 e. The lowest BCUT2D eigenvalue weighted by atomic mass is 10.1. The van der Waals surface area contributed by atoms with E-state index in [1.54, 1.807) is 47.5 Å². The number of hydrogen-bond donors (Lipinski definition) is 1. The van der Waals surface area contributed by atoms with Gasteiger partial charge in [-0.15, -0.1) is 11.3 Å². The van der Waals surface area contributed by atoms with Gasteiger partial charge in [0, 0.05) is 23.2 Å². The Morgan fingerprint density at radius 2 is 2.00 bits per heavy atom. The summed E-state index contributed by atoms with van der Waals surface area (Å²) < 4.78 is 22.7.